The summed E-state index contributed by atoms with van der Waals surface area (Å²) >= 11 is 0. The molecule has 0 bridgehead atoms. The van der Waals surface area contributed by atoms with Crippen LogP contribution in [0.3, 0.4) is 0 Å². The molecule has 2 atom stereocenters. The Morgan fingerprint density at radius 2 is 0.760 bits per heavy atom. The number of carboxylic acid groups (broad SMARTS) is 1. The van der Waals surface area contributed by atoms with Gasteiger partial charge in [0.15, 0.2) is 6.10 Å². The lowest BCUT2D eigenvalue weighted by atomic mass is 10.0. The van der Waals surface area contributed by atoms with E-state index in [0.717, 1.165) is 77.0 Å². The lowest BCUT2D eigenvalue weighted by molar-refractivity contribution is -0.870. The van der Waals surface area contributed by atoms with Crippen molar-refractivity contribution >= 4 is 17.9 Å². The van der Waals surface area contributed by atoms with Crippen LogP contribution in [-0.4, -0.2) is 87.4 Å². The summed E-state index contributed by atoms with van der Waals surface area (Å²) in [5, 5.41) is 9.72. The highest BCUT2D eigenvalue weighted by Crippen LogP contribution is 2.18. The molecule has 0 saturated heterocycles. The summed E-state index contributed by atoms with van der Waals surface area (Å²) in [5.74, 6) is -2.01. The van der Waals surface area contributed by atoms with Crippen LogP contribution in [0.5, 0.6) is 0 Å². The van der Waals surface area contributed by atoms with Crippen molar-refractivity contribution in [3.63, 3.8) is 0 Å². The highest BCUT2D eigenvalue weighted by Gasteiger charge is 2.25. The Balaban J connectivity index is 4.18. The Hall–Kier alpha value is -3.01. The summed E-state index contributed by atoms with van der Waals surface area (Å²) < 4.78 is 22.9. The quantitative estimate of drug-likeness (QED) is 0.0211. The summed E-state index contributed by atoms with van der Waals surface area (Å²) in [5.41, 5.74) is 0. The van der Waals surface area contributed by atoms with Gasteiger partial charge in [0.25, 0.3) is 6.29 Å². The topological polar surface area (TPSA) is 108 Å². The first-order chi connectivity index (χ1) is 36.6. The molecular formula is C66H120NO8+. The van der Waals surface area contributed by atoms with Gasteiger partial charge in [0, 0.05) is 12.8 Å². The number of likely N-dealkylation sites (N-methyl/N-ethyl adjacent to an activating group) is 1. The monoisotopic (exact) mass is 1050 g/mol. The summed E-state index contributed by atoms with van der Waals surface area (Å²) in [6.45, 7) is 4.79. The van der Waals surface area contributed by atoms with E-state index in [9.17, 15) is 19.5 Å². The molecule has 75 heavy (non-hydrogen) atoms. The molecule has 0 radical (unpaired) electrons. The number of unbranched alkanes of at least 4 members (excludes halogenated alkanes) is 33. The average Bonchev–Trinajstić information content (AvgIpc) is 3.38. The lowest BCUT2D eigenvalue weighted by Gasteiger charge is -2.25. The number of carbonyl (C=O) groups excluding carboxylic acids is 2. The van der Waals surface area contributed by atoms with Gasteiger partial charge in [-0.1, -0.05) is 274 Å². The van der Waals surface area contributed by atoms with Crippen molar-refractivity contribution in [3.8, 4) is 0 Å². The van der Waals surface area contributed by atoms with Gasteiger partial charge in [0.05, 0.1) is 34.4 Å². The van der Waals surface area contributed by atoms with E-state index in [-0.39, 0.29) is 32.2 Å². The molecule has 0 saturated carbocycles. The van der Waals surface area contributed by atoms with Gasteiger partial charge >= 0.3 is 17.9 Å². The van der Waals surface area contributed by atoms with Crippen molar-refractivity contribution in [3.05, 3.63) is 60.8 Å². The number of quaternary nitrogens is 1. The fourth-order valence-electron chi connectivity index (χ4n) is 8.98. The van der Waals surface area contributed by atoms with Crippen molar-refractivity contribution < 1.29 is 42.9 Å². The zero-order chi connectivity index (χ0) is 54.8. The second-order valence-corrected chi connectivity index (χ2v) is 22.3. The molecule has 0 aromatic heterocycles. The third-order valence-corrected chi connectivity index (χ3v) is 13.8. The maximum Gasteiger partial charge on any atom is 0.361 e. The zero-order valence-corrected chi connectivity index (χ0v) is 49.7. The highest BCUT2D eigenvalue weighted by molar-refractivity contribution is 5.71. The molecule has 2 unspecified atom stereocenters. The van der Waals surface area contributed by atoms with Crippen LogP contribution in [0.2, 0.25) is 0 Å². The molecule has 0 fully saturated rings. The smallest absolute Gasteiger partial charge is 0.361 e. The number of hydrogen-bond acceptors (Lipinski definition) is 7. The molecule has 0 heterocycles. The number of carboxylic acids is 1. The number of carbonyl (C=O) groups is 3. The van der Waals surface area contributed by atoms with Gasteiger partial charge in [0.1, 0.15) is 13.2 Å². The molecule has 0 rings (SSSR count). The second kappa shape index (κ2) is 57.2. The number of ether oxygens (including phenoxy) is 4. The summed E-state index contributed by atoms with van der Waals surface area (Å²) in [7, 11) is 5.97. The lowest BCUT2D eigenvalue weighted by Crippen LogP contribution is -2.40. The van der Waals surface area contributed by atoms with Crippen molar-refractivity contribution in [1.29, 1.82) is 0 Å². The summed E-state index contributed by atoms with van der Waals surface area (Å²) in [4.78, 5) is 37.5. The van der Waals surface area contributed by atoms with Crippen LogP contribution in [0, 0.1) is 0 Å². The van der Waals surface area contributed by atoms with E-state index in [1.165, 1.54) is 173 Å². The Bertz CT molecular complexity index is 1410. The van der Waals surface area contributed by atoms with Crippen LogP contribution < -0.4 is 0 Å². The molecule has 0 aliphatic heterocycles. The normalized spacial score (nSPS) is 13.1. The third-order valence-electron chi connectivity index (χ3n) is 13.8. The summed E-state index contributed by atoms with van der Waals surface area (Å²) in [6, 6.07) is 0. The van der Waals surface area contributed by atoms with E-state index < -0.39 is 24.3 Å². The first-order valence-electron chi connectivity index (χ1n) is 31.5. The fourth-order valence-corrected chi connectivity index (χ4v) is 8.98. The molecule has 0 aromatic rings. The van der Waals surface area contributed by atoms with Gasteiger partial charge in [-0.2, -0.15) is 0 Å². The fraction of sp³-hybridized carbons (Fsp3) is 0.803. The average molecular weight is 1060 g/mol. The molecule has 0 amide bonds. The number of aliphatic carboxylic acids is 1. The zero-order valence-electron chi connectivity index (χ0n) is 49.7. The number of nitrogens with zero attached hydrogens (tertiary/aromatic N) is 1. The minimum atomic E-state index is -1.51. The van der Waals surface area contributed by atoms with E-state index in [1.54, 1.807) is 0 Å². The van der Waals surface area contributed by atoms with E-state index in [2.05, 4.69) is 74.6 Å². The van der Waals surface area contributed by atoms with Gasteiger partial charge < -0.3 is 28.5 Å². The van der Waals surface area contributed by atoms with Crippen LogP contribution in [0.25, 0.3) is 0 Å². The van der Waals surface area contributed by atoms with E-state index in [4.69, 9.17) is 18.9 Å². The first-order valence-corrected chi connectivity index (χ1v) is 31.5. The van der Waals surface area contributed by atoms with Crippen LogP contribution in [0.1, 0.15) is 284 Å². The Kier molecular flexibility index (Phi) is 54.9. The van der Waals surface area contributed by atoms with Crippen LogP contribution in [0.15, 0.2) is 60.8 Å². The predicted molar refractivity (Wildman–Crippen MR) is 318 cm³/mol. The molecule has 9 nitrogen and oxygen atoms in total. The van der Waals surface area contributed by atoms with Crippen LogP contribution in [0.4, 0.5) is 0 Å². The van der Waals surface area contributed by atoms with Gasteiger partial charge in [-0.15, -0.1) is 0 Å². The number of esters is 2. The van der Waals surface area contributed by atoms with Crippen LogP contribution in [-0.2, 0) is 33.3 Å². The summed E-state index contributed by atoms with van der Waals surface area (Å²) in [6.07, 6.45) is 70.3. The molecule has 1 N–H and O–H groups in total. The molecule has 0 aromatic carbocycles. The van der Waals surface area contributed by atoms with Crippen LogP contribution >= 0.6 is 0 Å². The molecule has 436 valence electrons. The van der Waals surface area contributed by atoms with E-state index in [1.807, 2.05) is 21.1 Å². The van der Waals surface area contributed by atoms with Crippen molar-refractivity contribution in [2.45, 2.75) is 296 Å². The predicted octanol–water partition coefficient (Wildman–Crippen LogP) is 18.8. The minimum Gasteiger partial charge on any atom is -0.477 e. The van der Waals surface area contributed by atoms with Gasteiger partial charge in [-0.3, -0.25) is 9.59 Å². The third kappa shape index (κ3) is 58.5. The van der Waals surface area contributed by atoms with Crippen molar-refractivity contribution in [1.82, 2.24) is 0 Å². The van der Waals surface area contributed by atoms with Gasteiger partial charge in [-0.25, -0.2) is 4.79 Å². The van der Waals surface area contributed by atoms with Gasteiger partial charge in [0.2, 0.25) is 0 Å². The second-order valence-electron chi connectivity index (χ2n) is 22.3. The van der Waals surface area contributed by atoms with E-state index >= 15 is 0 Å². The molecule has 0 aliphatic carbocycles. The number of hydrogen-bond donors (Lipinski definition) is 1. The number of rotatable bonds is 58. The Morgan fingerprint density at radius 1 is 0.413 bits per heavy atom. The SMILES string of the molecule is CC/C=C\C/C=C\C/C=C\C/C=C\C/C=C\CCCCCCCCCC(=O)OC(COC(=O)CCCCCCCCCCCCCCCCCCCCCCCCCCCCC)COC(OCC[N+](C)(C)C)C(=O)O. The Labute approximate surface area is 463 Å². The number of allylic oxidation sites excluding steroid dienone is 10. The van der Waals surface area contributed by atoms with Crippen molar-refractivity contribution in [2.75, 3.05) is 47.5 Å². The molecule has 0 spiro atoms. The highest BCUT2D eigenvalue weighted by atomic mass is 16.7. The van der Waals surface area contributed by atoms with Gasteiger partial charge in [-0.05, 0) is 57.8 Å². The Morgan fingerprint density at radius 3 is 1.13 bits per heavy atom. The maximum absolute atomic E-state index is 12.9. The molecule has 0 aliphatic rings. The minimum absolute atomic E-state index is 0.184. The molecule has 9 heteroatoms. The van der Waals surface area contributed by atoms with E-state index in [0.29, 0.717) is 23.9 Å². The standard InChI is InChI=1S/C66H119NO8/c1-6-8-10-12-14-16-18-20-22-24-26-28-30-31-32-33-35-36-38-40-42-44-46-48-50-52-54-56-63(68)73-60-62(61-74-66(65(70)71)72-59-58-67(3,4)5)75-64(69)57-55-53-51-49-47-45-43-41-39-37-34-29-27-25-23-21-19-17-15-13-11-9-7-2/h9,11,15,17,21,23,27,29,37,39,62,66H,6-8,10,12-14,16,18-20,22,24-26,28,30-36,38,40-61H2,1-5H3/p+1/b11-9-,17-15-,23-21-,29-27-,39-37-. The first kappa shape index (κ1) is 72.0. The maximum atomic E-state index is 12.9. The largest absolute Gasteiger partial charge is 0.477 e. The van der Waals surface area contributed by atoms with Crippen molar-refractivity contribution in [2.24, 2.45) is 0 Å². The molecular weight excluding hydrogens is 935 g/mol.